The van der Waals surface area contributed by atoms with Crippen LogP contribution in [0.2, 0.25) is 0 Å². The van der Waals surface area contributed by atoms with Crippen LogP contribution in [0.5, 0.6) is 0 Å². The third-order valence-electron chi connectivity index (χ3n) is 7.46. The van der Waals surface area contributed by atoms with Crippen LogP contribution in [0.3, 0.4) is 0 Å². The highest BCUT2D eigenvalue weighted by molar-refractivity contribution is 7.86. The van der Waals surface area contributed by atoms with Gasteiger partial charge in [-0.25, -0.2) is 4.79 Å². The third kappa shape index (κ3) is 6.93. The van der Waals surface area contributed by atoms with Crippen LogP contribution in [0.4, 0.5) is 0 Å². The number of carbonyl (C=O) groups excluding carboxylic acids is 1. The molecule has 0 bridgehead atoms. The lowest BCUT2D eigenvalue weighted by Gasteiger charge is -2.37. The van der Waals surface area contributed by atoms with Gasteiger partial charge in [0.25, 0.3) is 0 Å². The highest BCUT2D eigenvalue weighted by atomic mass is 32.2. The molecule has 0 aromatic heterocycles. The van der Waals surface area contributed by atoms with Gasteiger partial charge < -0.3 is 10.8 Å². The number of rotatable bonds is 15. The first-order valence-corrected chi connectivity index (χ1v) is 15.3. The summed E-state index contributed by atoms with van der Waals surface area (Å²) in [5.74, 6) is -3.23. The summed E-state index contributed by atoms with van der Waals surface area (Å²) in [6.45, 7) is 4.13. The molecule has 7 nitrogen and oxygen atoms in total. The van der Waals surface area contributed by atoms with Crippen molar-refractivity contribution >= 4 is 32.7 Å². The molecule has 0 radical (unpaired) electrons. The Hall–Kier alpha value is -3.07. The van der Waals surface area contributed by atoms with E-state index in [0.717, 1.165) is 42.0 Å². The first-order chi connectivity index (χ1) is 18.7. The van der Waals surface area contributed by atoms with E-state index in [1.54, 1.807) is 42.5 Å². The molecule has 0 heterocycles. The van der Waals surface area contributed by atoms with Crippen molar-refractivity contribution in [2.45, 2.75) is 69.7 Å². The lowest BCUT2D eigenvalue weighted by Crippen LogP contribution is -2.64. The van der Waals surface area contributed by atoms with E-state index in [1.807, 2.05) is 44.2 Å². The normalized spacial score (nSPS) is 13.7. The molecule has 0 fully saturated rings. The van der Waals surface area contributed by atoms with E-state index < -0.39 is 37.7 Å². The molecule has 0 saturated carbocycles. The summed E-state index contributed by atoms with van der Waals surface area (Å²) in [7, 11) is -4.28. The van der Waals surface area contributed by atoms with E-state index in [4.69, 9.17) is 5.73 Å². The van der Waals surface area contributed by atoms with Gasteiger partial charge >= 0.3 is 21.9 Å². The molecule has 3 rings (SSSR count). The van der Waals surface area contributed by atoms with Crippen molar-refractivity contribution in [3.63, 3.8) is 0 Å². The van der Waals surface area contributed by atoms with Crippen LogP contribution < -0.4 is 5.73 Å². The van der Waals surface area contributed by atoms with Crippen molar-refractivity contribution < 1.29 is 27.0 Å². The third-order valence-corrected chi connectivity index (χ3v) is 9.78. The molecule has 3 aromatic rings. The zero-order valence-electron chi connectivity index (χ0n) is 23.0. The van der Waals surface area contributed by atoms with Gasteiger partial charge in [-0.2, -0.15) is 12.3 Å². The highest BCUT2D eigenvalue weighted by Crippen LogP contribution is 2.32. The summed E-state index contributed by atoms with van der Waals surface area (Å²) >= 11 is 0. The number of hydrogen-bond acceptors (Lipinski definition) is 5. The van der Waals surface area contributed by atoms with Gasteiger partial charge in [0.15, 0.2) is 0 Å². The van der Waals surface area contributed by atoms with Crippen molar-refractivity contribution in [1.29, 1.82) is 0 Å². The number of unbranched alkanes of at least 4 members (excludes halogenated alkanes) is 4. The topological polar surface area (TPSA) is 115 Å². The fraction of sp³-hybridized carbons (Fsp3) is 0.419. The Kier molecular flexibility index (Phi) is 10.8. The van der Waals surface area contributed by atoms with E-state index in [-0.39, 0.29) is 24.4 Å². The molecule has 3 N–H and O–H groups in total. The average molecular weight is 554 g/mol. The van der Waals surface area contributed by atoms with Gasteiger partial charge in [-0.3, -0.25) is 4.79 Å². The number of carboxylic acid groups (broad SMARTS) is 1. The Bertz CT molecular complexity index is 1350. The van der Waals surface area contributed by atoms with E-state index >= 15 is 0 Å². The van der Waals surface area contributed by atoms with Crippen LogP contribution in [0.25, 0.3) is 10.8 Å². The van der Waals surface area contributed by atoms with Crippen molar-refractivity contribution in [1.82, 2.24) is 0 Å². The number of quaternary nitrogens is 1. The molecule has 39 heavy (non-hydrogen) atoms. The van der Waals surface area contributed by atoms with Crippen LogP contribution in [-0.4, -0.2) is 48.4 Å². The summed E-state index contributed by atoms with van der Waals surface area (Å²) in [6.07, 6.45) is 4.22. The standard InChI is InChI=1S/C31H40N2O5S/c1-3-5-12-20-33(21-13-6-4-2,39(37,38)27-19-18-25-16-10-11-17-26(25)23-27)30(34)29(32)28(31(35)36)22-24-14-8-7-9-15-24/h7-11,14-19,23,28-29H,3-6,12-13,20-22,32H2,1-2H3/p+1/t28?,29-/m0/s1. The number of nitrogens with two attached hydrogens (primary N) is 1. The number of nitrogens with zero attached hydrogens (tertiary/aromatic N) is 1. The second-order valence-corrected chi connectivity index (χ2v) is 12.4. The minimum atomic E-state index is -4.28. The van der Waals surface area contributed by atoms with Gasteiger partial charge in [0, 0.05) is 0 Å². The van der Waals surface area contributed by atoms with Crippen LogP contribution in [0.15, 0.2) is 77.7 Å². The van der Waals surface area contributed by atoms with E-state index in [0.29, 0.717) is 12.8 Å². The van der Waals surface area contributed by atoms with Gasteiger partial charge in [-0.05, 0) is 60.6 Å². The second-order valence-electron chi connectivity index (χ2n) is 10.2. The molecule has 3 aromatic carbocycles. The molecule has 0 aliphatic rings. The van der Waals surface area contributed by atoms with Gasteiger partial charge in [0.05, 0.1) is 5.92 Å². The Morgan fingerprint density at radius 3 is 1.95 bits per heavy atom. The number of sulfonamides is 1. The van der Waals surface area contributed by atoms with Gasteiger partial charge in [0.2, 0.25) is 0 Å². The Balaban J connectivity index is 2.14. The van der Waals surface area contributed by atoms with Gasteiger partial charge in [0.1, 0.15) is 24.0 Å². The first-order valence-electron chi connectivity index (χ1n) is 13.9. The molecule has 2 atom stereocenters. The number of fused-ring (bicyclic) bond motifs is 1. The smallest absolute Gasteiger partial charge is 0.346 e. The van der Waals surface area contributed by atoms with E-state index in [9.17, 15) is 23.1 Å². The lowest BCUT2D eigenvalue weighted by molar-refractivity contribution is -0.730. The molecule has 0 saturated heterocycles. The Labute approximate surface area is 232 Å². The molecule has 210 valence electrons. The molecule has 1 amide bonds. The maximum absolute atomic E-state index is 14.5. The molecular weight excluding hydrogens is 512 g/mol. The van der Waals surface area contributed by atoms with Crippen LogP contribution in [0.1, 0.15) is 57.9 Å². The number of hydrogen-bond donors (Lipinski definition) is 2. The second kappa shape index (κ2) is 13.8. The molecule has 8 heteroatoms. The Morgan fingerprint density at radius 2 is 1.38 bits per heavy atom. The van der Waals surface area contributed by atoms with Gasteiger partial charge in [-0.1, -0.05) is 87.4 Å². The minimum absolute atomic E-state index is 0.0308. The number of carboxylic acids is 1. The van der Waals surface area contributed by atoms with Gasteiger partial charge in [-0.15, -0.1) is 0 Å². The fourth-order valence-electron chi connectivity index (χ4n) is 5.13. The molecule has 1 unspecified atom stereocenters. The maximum atomic E-state index is 14.5. The monoisotopic (exact) mass is 553 g/mol. The molecular formula is C31H41N2O5S+. The van der Waals surface area contributed by atoms with E-state index in [2.05, 4.69) is 0 Å². The quantitative estimate of drug-likeness (QED) is 0.189. The zero-order valence-corrected chi connectivity index (χ0v) is 23.8. The van der Waals surface area contributed by atoms with E-state index in [1.165, 1.54) is 0 Å². The van der Waals surface area contributed by atoms with Crippen LogP contribution >= 0.6 is 0 Å². The fourth-order valence-corrected chi connectivity index (χ4v) is 7.15. The van der Waals surface area contributed by atoms with Crippen molar-refractivity contribution in [3.8, 4) is 0 Å². The molecule has 0 aliphatic heterocycles. The number of aliphatic carboxylic acids is 1. The van der Waals surface area contributed by atoms with Crippen molar-refractivity contribution in [3.05, 3.63) is 78.4 Å². The van der Waals surface area contributed by atoms with Crippen LogP contribution in [0, 0.1) is 5.92 Å². The van der Waals surface area contributed by atoms with Crippen LogP contribution in [-0.2, 0) is 26.0 Å². The first kappa shape index (κ1) is 30.5. The summed E-state index contributed by atoms with van der Waals surface area (Å²) in [6, 6.07) is 19.8. The SMILES string of the molecule is CCCCC[N+](CCCCC)(C(=O)[C@@H](N)C(Cc1ccccc1)C(=O)O)S(=O)(=O)c1ccc2ccccc2c1. The minimum Gasteiger partial charge on any atom is -0.481 e. The summed E-state index contributed by atoms with van der Waals surface area (Å²) in [5, 5.41) is 11.7. The Morgan fingerprint density at radius 1 is 0.821 bits per heavy atom. The summed E-state index contributed by atoms with van der Waals surface area (Å²) in [5.41, 5.74) is 7.18. The maximum Gasteiger partial charge on any atom is 0.346 e. The predicted molar refractivity (Wildman–Crippen MR) is 154 cm³/mol. The molecule has 0 aliphatic carbocycles. The summed E-state index contributed by atoms with van der Waals surface area (Å²) < 4.78 is 28.2. The zero-order chi connectivity index (χ0) is 28.5. The summed E-state index contributed by atoms with van der Waals surface area (Å²) in [4.78, 5) is 26.8. The highest BCUT2D eigenvalue weighted by Gasteiger charge is 2.53. The number of amides is 1. The van der Waals surface area contributed by atoms with Crippen molar-refractivity contribution in [2.75, 3.05) is 13.1 Å². The predicted octanol–water partition coefficient (Wildman–Crippen LogP) is 5.52. The lowest BCUT2D eigenvalue weighted by atomic mass is 9.91. The van der Waals surface area contributed by atoms with Crippen molar-refractivity contribution in [2.24, 2.45) is 11.7 Å². The largest absolute Gasteiger partial charge is 0.481 e. The average Bonchev–Trinajstić information content (AvgIpc) is 2.94. The number of benzene rings is 3. The number of carbonyl (C=O) groups is 2. The molecule has 0 spiro atoms.